The first-order chi connectivity index (χ1) is 10.3. The number of anilines is 1. The third kappa shape index (κ3) is 3.41. The maximum atomic E-state index is 3.48. The molecule has 0 aliphatic carbocycles. The van der Waals surface area contributed by atoms with Crippen molar-refractivity contribution >= 4 is 5.69 Å². The summed E-state index contributed by atoms with van der Waals surface area (Å²) in [5.74, 6) is 0.741. The number of rotatable bonds is 3. The van der Waals surface area contributed by atoms with Crippen molar-refractivity contribution in [3.05, 3.63) is 29.8 Å². The number of piperazine rings is 1. The molecule has 0 atom stereocenters. The lowest BCUT2D eigenvalue weighted by atomic mass is 9.88. The average molecular weight is 287 g/mol. The van der Waals surface area contributed by atoms with Crippen LogP contribution in [-0.4, -0.2) is 50.2 Å². The second-order valence-electron chi connectivity index (χ2n) is 6.70. The van der Waals surface area contributed by atoms with E-state index in [1.165, 1.54) is 57.8 Å². The molecule has 0 aromatic heterocycles. The molecule has 1 aromatic carbocycles. The third-order valence-electron chi connectivity index (χ3n) is 5.10. The SMILES string of the molecule is CC(C)N1CCN(c2ccccc2C2CCNCC2)CC1. The second kappa shape index (κ2) is 6.80. The Labute approximate surface area is 129 Å². The van der Waals surface area contributed by atoms with E-state index in [0.717, 1.165) is 5.92 Å². The lowest BCUT2D eigenvalue weighted by molar-refractivity contribution is 0.209. The van der Waals surface area contributed by atoms with Gasteiger partial charge in [-0.2, -0.15) is 0 Å². The van der Waals surface area contributed by atoms with Gasteiger partial charge in [-0.05, 0) is 57.3 Å². The summed E-state index contributed by atoms with van der Waals surface area (Å²) in [6.07, 6.45) is 2.56. The highest BCUT2D eigenvalue weighted by Gasteiger charge is 2.24. The number of nitrogens with zero attached hydrogens (tertiary/aromatic N) is 2. The summed E-state index contributed by atoms with van der Waals surface area (Å²) in [5, 5.41) is 3.48. The molecular weight excluding hydrogens is 258 g/mol. The van der Waals surface area contributed by atoms with Gasteiger partial charge in [0.25, 0.3) is 0 Å². The standard InChI is InChI=1S/C18H29N3/c1-15(2)20-11-13-21(14-12-20)18-6-4-3-5-17(18)16-7-9-19-10-8-16/h3-6,15-16,19H,7-14H2,1-2H3. The molecule has 1 N–H and O–H groups in total. The van der Waals surface area contributed by atoms with Gasteiger partial charge >= 0.3 is 0 Å². The zero-order valence-electron chi connectivity index (χ0n) is 13.5. The van der Waals surface area contributed by atoms with Crippen LogP contribution in [-0.2, 0) is 0 Å². The lowest BCUT2D eigenvalue weighted by Gasteiger charge is -2.39. The van der Waals surface area contributed by atoms with Crippen molar-refractivity contribution < 1.29 is 0 Å². The van der Waals surface area contributed by atoms with Gasteiger partial charge in [0.2, 0.25) is 0 Å². The monoisotopic (exact) mass is 287 g/mol. The highest BCUT2D eigenvalue weighted by molar-refractivity contribution is 5.55. The molecule has 3 heteroatoms. The average Bonchev–Trinajstić information content (AvgIpc) is 2.56. The van der Waals surface area contributed by atoms with Crippen LogP contribution >= 0.6 is 0 Å². The minimum Gasteiger partial charge on any atom is -0.369 e. The molecule has 0 amide bonds. The second-order valence-corrected chi connectivity index (χ2v) is 6.70. The van der Waals surface area contributed by atoms with Crippen LogP contribution in [0, 0.1) is 0 Å². The van der Waals surface area contributed by atoms with E-state index >= 15 is 0 Å². The fraction of sp³-hybridized carbons (Fsp3) is 0.667. The maximum Gasteiger partial charge on any atom is 0.0402 e. The molecule has 3 nitrogen and oxygen atoms in total. The Morgan fingerprint density at radius 2 is 1.67 bits per heavy atom. The van der Waals surface area contributed by atoms with Gasteiger partial charge in [-0.3, -0.25) is 4.90 Å². The van der Waals surface area contributed by atoms with Crippen LogP contribution in [0.1, 0.15) is 38.2 Å². The van der Waals surface area contributed by atoms with Gasteiger partial charge in [0.05, 0.1) is 0 Å². The molecule has 21 heavy (non-hydrogen) atoms. The highest BCUT2D eigenvalue weighted by atomic mass is 15.3. The minimum atomic E-state index is 0.673. The van der Waals surface area contributed by atoms with Gasteiger partial charge in [-0.15, -0.1) is 0 Å². The van der Waals surface area contributed by atoms with Crippen LogP contribution in [0.4, 0.5) is 5.69 Å². The number of piperidine rings is 1. The summed E-state index contributed by atoms with van der Waals surface area (Å²) in [7, 11) is 0. The first-order valence-electron chi connectivity index (χ1n) is 8.54. The molecule has 2 aliphatic rings. The largest absolute Gasteiger partial charge is 0.369 e. The third-order valence-corrected chi connectivity index (χ3v) is 5.10. The fourth-order valence-corrected chi connectivity index (χ4v) is 3.73. The molecular formula is C18H29N3. The Morgan fingerprint density at radius 1 is 1.00 bits per heavy atom. The molecule has 3 rings (SSSR count). The Bertz CT molecular complexity index is 444. The van der Waals surface area contributed by atoms with Crippen molar-refractivity contribution in [1.82, 2.24) is 10.2 Å². The predicted octanol–water partition coefficient (Wildman–Crippen LogP) is 2.68. The van der Waals surface area contributed by atoms with Crippen LogP contribution < -0.4 is 10.2 Å². The summed E-state index contributed by atoms with van der Waals surface area (Å²) in [6, 6.07) is 9.79. The highest BCUT2D eigenvalue weighted by Crippen LogP contribution is 2.33. The number of benzene rings is 1. The summed E-state index contributed by atoms with van der Waals surface area (Å²) < 4.78 is 0. The van der Waals surface area contributed by atoms with Crippen molar-refractivity contribution in [3.63, 3.8) is 0 Å². The number of hydrogen-bond donors (Lipinski definition) is 1. The van der Waals surface area contributed by atoms with Gasteiger partial charge in [-0.1, -0.05) is 18.2 Å². The maximum absolute atomic E-state index is 3.48. The molecule has 1 aromatic rings. The predicted molar refractivity (Wildman–Crippen MR) is 90.2 cm³/mol. The normalized spacial score (nSPS) is 22.0. The molecule has 2 aliphatic heterocycles. The van der Waals surface area contributed by atoms with E-state index in [9.17, 15) is 0 Å². The van der Waals surface area contributed by atoms with Gasteiger partial charge in [-0.25, -0.2) is 0 Å². The first-order valence-corrected chi connectivity index (χ1v) is 8.54. The number of nitrogens with one attached hydrogen (secondary N) is 1. The number of para-hydroxylation sites is 1. The lowest BCUT2D eigenvalue weighted by Crippen LogP contribution is -2.49. The van der Waals surface area contributed by atoms with Crippen LogP contribution in [0.2, 0.25) is 0 Å². The summed E-state index contributed by atoms with van der Waals surface area (Å²) in [5.41, 5.74) is 3.07. The Balaban J connectivity index is 1.73. The molecule has 0 radical (unpaired) electrons. The molecule has 2 saturated heterocycles. The molecule has 0 unspecified atom stereocenters. The summed E-state index contributed by atoms with van der Waals surface area (Å²) in [6.45, 7) is 11.7. The van der Waals surface area contributed by atoms with Crippen LogP contribution in [0.15, 0.2) is 24.3 Å². The number of hydrogen-bond acceptors (Lipinski definition) is 3. The zero-order valence-corrected chi connectivity index (χ0v) is 13.5. The fourth-order valence-electron chi connectivity index (χ4n) is 3.73. The van der Waals surface area contributed by atoms with E-state index in [0.29, 0.717) is 6.04 Å². The molecule has 2 fully saturated rings. The Hall–Kier alpha value is -1.06. The van der Waals surface area contributed by atoms with E-state index in [-0.39, 0.29) is 0 Å². The van der Waals surface area contributed by atoms with Gasteiger partial charge < -0.3 is 10.2 Å². The van der Waals surface area contributed by atoms with E-state index in [1.807, 2.05) is 0 Å². The van der Waals surface area contributed by atoms with E-state index in [2.05, 4.69) is 53.2 Å². The van der Waals surface area contributed by atoms with Crippen molar-refractivity contribution in [2.75, 3.05) is 44.2 Å². The first kappa shape index (κ1) is 14.9. The Kier molecular flexibility index (Phi) is 4.81. The van der Waals surface area contributed by atoms with Crippen LogP contribution in [0.5, 0.6) is 0 Å². The van der Waals surface area contributed by atoms with E-state index in [4.69, 9.17) is 0 Å². The topological polar surface area (TPSA) is 18.5 Å². The van der Waals surface area contributed by atoms with Crippen molar-refractivity contribution in [2.24, 2.45) is 0 Å². The van der Waals surface area contributed by atoms with Crippen molar-refractivity contribution in [2.45, 2.75) is 38.6 Å². The summed E-state index contributed by atoms with van der Waals surface area (Å²) >= 11 is 0. The Morgan fingerprint density at radius 3 is 2.33 bits per heavy atom. The smallest absolute Gasteiger partial charge is 0.0402 e. The molecule has 116 valence electrons. The summed E-state index contributed by atoms with van der Waals surface area (Å²) in [4.78, 5) is 5.19. The van der Waals surface area contributed by atoms with Gasteiger partial charge in [0.15, 0.2) is 0 Å². The minimum absolute atomic E-state index is 0.673. The molecule has 0 spiro atoms. The quantitative estimate of drug-likeness (QED) is 0.922. The molecule has 0 bridgehead atoms. The van der Waals surface area contributed by atoms with Crippen molar-refractivity contribution in [3.8, 4) is 0 Å². The van der Waals surface area contributed by atoms with E-state index in [1.54, 1.807) is 5.56 Å². The van der Waals surface area contributed by atoms with Crippen molar-refractivity contribution in [1.29, 1.82) is 0 Å². The zero-order chi connectivity index (χ0) is 14.7. The molecule has 2 heterocycles. The van der Waals surface area contributed by atoms with Gasteiger partial charge in [0, 0.05) is 37.9 Å². The van der Waals surface area contributed by atoms with Crippen LogP contribution in [0.25, 0.3) is 0 Å². The van der Waals surface area contributed by atoms with Gasteiger partial charge in [0.1, 0.15) is 0 Å². The molecule has 0 saturated carbocycles. The van der Waals surface area contributed by atoms with Crippen LogP contribution in [0.3, 0.4) is 0 Å². The van der Waals surface area contributed by atoms with E-state index < -0.39 is 0 Å².